The van der Waals surface area contributed by atoms with Crippen molar-refractivity contribution in [2.24, 2.45) is 0 Å². The Morgan fingerprint density at radius 2 is 2.00 bits per heavy atom. The number of aryl methyl sites for hydroxylation is 2. The van der Waals surface area contributed by atoms with Crippen LogP contribution in [-0.2, 0) is 22.4 Å². The van der Waals surface area contributed by atoms with E-state index in [2.05, 4.69) is 10.3 Å². The number of hydrogen-bond donors (Lipinski definition) is 3. The highest BCUT2D eigenvalue weighted by molar-refractivity contribution is 5.91. The van der Waals surface area contributed by atoms with Crippen LogP contribution >= 0.6 is 0 Å². The Bertz CT molecular complexity index is 1480. The molecule has 0 radical (unpaired) electrons. The molecule has 34 heavy (non-hydrogen) atoms. The van der Waals surface area contributed by atoms with Gasteiger partial charge in [-0.15, -0.1) is 0 Å². The van der Waals surface area contributed by atoms with E-state index in [1.165, 1.54) is 19.2 Å². The third-order valence-corrected chi connectivity index (χ3v) is 5.84. The first-order valence-corrected chi connectivity index (χ1v) is 10.6. The molecule has 2 heterocycles. The van der Waals surface area contributed by atoms with Crippen molar-refractivity contribution in [3.8, 4) is 11.5 Å². The van der Waals surface area contributed by atoms with Gasteiger partial charge in [0.05, 0.1) is 36.5 Å². The molecular weight excluding hydrogens is 440 g/mol. The first-order valence-electron chi connectivity index (χ1n) is 10.6. The normalized spacial score (nSPS) is 12.1. The number of phenols is 1. The number of rotatable bonds is 7. The number of amides is 1. The summed E-state index contributed by atoms with van der Waals surface area (Å²) in [4.78, 5) is 40.1. The maximum absolute atomic E-state index is 12.8. The minimum Gasteiger partial charge on any atom is -0.548 e. The van der Waals surface area contributed by atoms with Crippen LogP contribution in [0.25, 0.3) is 21.9 Å². The van der Waals surface area contributed by atoms with Gasteiger partial charge >= 0.3 is 5.63 Å². The number of hydrogen-bond acceptors (Lipinski definition) is 7. The van der Waals surface area contributed by atoms with Gasteiger partial charge in [0.25, 0.3) is 0 Å². The number of benzene rings is 2. The highest BCUT2D eigenvalue weighted by Crippen LogP contribution is 2.31. The number of carbonyl (C=O) groups excluding carboxylic acids is 2. The number of aromatic nitrogens is 1. The van der Waals surface area contributed by atoms with Crippen LogP contribution in [0.1, 0.15) is 22.3 Å². The first-order chi connectivity index (χ1) is 16.2. The third kappa shape index (κ3) is 4.32. The van der Waals surface area contributed by atoms with Gasteiger partial charge in [-0.2, -0.15) is 0 Å². The Balaban J connectivity index is 1.60. The molecule has 0 aliphatic heterocycles. The van der Waals surface area contributed by atoms with Crippen molar-refractivity contribution in [1.82, 2.24) is 10.3 Å². The molecule has 0 bridgehead atoms. The summed E-state index contributed by atoms with van der Waals surface area (Å²) >= 11 is 0. The van der Waals surface area contributed by atoms with Crippen LogP contribution in [0.4, 0.5) is 0 Å². The molecule has 4 rings (SSSR count). The fourth-order valence-corrected chi connectivity index (χ4v) is 4.16. The Morgan fingerprint density at radius 1 is 1.24 bits per heavy atom. The van der Waals surface area contributed by atoms with Gasteiger partial charge in [-0.1, -0.05) is 0 Å². The highest BCUT2D eigenvalue weighted by atomic mass is 16.5. The summed E-state index contributed by atoms with van der Waals surface area (Å²) in [6, 6.07) is 6.84. The summed E-state index contributed by atoms with van der Waals surface area (Å²) < 4.78 is 10.8. The van der Waals surface area contributed by atoms with Crippen molar-refractivity contribution in [3.05, 3.63) is 69.2 Å². The minimum atomic E-state index is -1.47. The Morgan fingerprint density at radius 3 is 2.71 bits per heavy atom. The second-order valence-electron chi connectivity index (χ2n) is 8.20. The number of carboxylic acid groups (broad SMARTS) is 1. The Hall–Kier alpha value is -4.27. The van der Waals surface area contributed by atoms with E-state index in [-0.39, 0.29) is 24.2 Å². The number of methoxy groups -OCH3 is 1. The highest BCUT2D eigenvalue weighted by Gasteiger charge is 2.21. The number of carbonyl (C=O) groups is 2. The van der Waals surface area contributed by atoms with Gasteiger partial charge in [-0.05, 0) is 60.9 Å². The molecule has 0 saturated heterocycles. The number of phenolic OH excluding ortho intramolecular Hbond substituents is 1. The van der Waals surface area contributed by atoms with Crippen LogP contribution in [0, 0.1) is 13.8 Å². The van der Waals surface area contributed by atoms with Crippen LogP contribution < -0.4 is 20.8 Å². The maximum atomic E-state index is 12.8. The number of ether oxygens (including phenoxy) is 1. The molecule has 2 aromatic carbocycles. The van der Waals surface area contributed by atoms with Gasteiger partial charge in [0.15, 0.2) is 0 Å². The van der Waals surface area contributed by atoms with Gasteiger partial charge in [0.1, 0.15) is 17.1 Å². The van der Waals surface area contributed by atoms with Gasteiger partial charge in [-0.3, -0.25) is 4.79 Å². The fraction of sp³-hybridized carbons (Fsp3) is 0.240. The lowest BCUT2D eigenvalue weighted by Gasteiger charge is -2.20. The number of aromatic hydroxyl groups is 1. The van der Waals surface area contributed by atoms with Crippen molar-refractivity contribution in [1.29, 1.82) is 0 Å². The number of H-pyrrole nitrogens is 1. The molecule has 4 aromatic rings. The summed E-state index contributed by atoms with van der Waals surface area (Å²) in [5, 5.41) is 25.1. The van der Waals surface area contributed by atoms with Crippen LogP contribution in [-0.4, -0.2) is 35.1 Å². The first kappa shape index (κ1) is 22.9. The number of aromatic amines is 1. The summed E-state index contributed by atoms with van der Waals surface area (Å²) in [5.41, 5.74) is 2.45. The van der Waals surface area contributed by atoms with Crippen molar-refractivity contribution in [2.75, 3.05) is 7.11 Å². The molecule has 9 heteroatoms. The zero-order chi connectivity index (χ0) is 24.6. The minimum absolute atomic E-state index is 0.0338. The van der Waals surface area contributed by atoms with E-state index >= 15 is 0 Å². The summed E-state index contributed by atoms with van der Waals surface area (Å²) in [7, 11) is 1.50. The number of aliphatic carboxylic acids is 1. The summed E-state index contributed by atoms with van der Waals surface area (Å²) in [6.07, 6.45) is 1.16. The SMILES string of the molecule is COc1cc(C)cc2oc(=O)c(CC(=O)N[C@@H](Cc3c[nH]c4ccc(O)cc34)C(=O)[O-])c(C)c12. The molecule has 176 valence electrons. The molecule has 0 aliphatic rings. The predicted molar refractivity (Wildman–Crippen MR) is 123 cm³/mol. The Kier molecular flexibility index (Phi) is 6.02. The van der Waals surface area contributed by atoms with Gasteiger partial charge < -0.3 is 34.5 Å². The molecule has 1 atom stereocenters. The van der Waals surface area contributed by atoms with E-state index in [9.17, 15) is 24.6 Å². The van der Waals surface area contributed by atoms with E-state index in [1.807, 2.05) is 6.92 Å². The molecule has 0 fully saturated rings. The Labute approximate surface area is 194 Å². The summed E-state index contributed by atoms with van der Waals surface area (Å²) in [5.74, 6) is -1.60. The average molecular weight is 463 g/mol. The molecule has 3 N–H and O–H groups in total. The number of nitrogens with one attached hydrogen (secondary N) is 2. The zero-order valence-corrected chi connectivity index (χ0v) is 18.9. The molecule has 9 nitrogen and oxygen atoms in total. The van der Waals surface area contributed by atoms with E-state index in [0.717, 1.165) is 5.56 Å². The lowest BCUT2D eigenvalue weighted by atomic mass is 10.0. The smallest absolute Gasteiger partial charge is 0.340 e. The topological polar surface area (TPSA) is 145 Å². The quantitative estimate of drug-likeness (QED) is 0.353. The van der Waals surface area contributed by atoms with Crippen molar-refractivity contribution in [3.63, 3.8) is 0 Å². The molecule has 0 unspecified atom stereocenters. The van der Waals surface area contributed by atoms with E-state index in [1.54, 1.807) is 31.3 Å². The lowest BCUT2D eigenvalue weighted by molar-refractivity contribution is -0.308. The average Bonchev–Trinajstić information content (AvgIpc) is 3.17. The standard InChI is InChI=1S/C25H24N2O7/c1-12-6-20(33-3)23-13(2)16(25(32)34-21(23)7-12)10-22(29)27-19(24(30)31)8-14-11-26-18-5-4-15(28)9-17(14)18/h4-7,9,11,19,26,28H,8,10H2,1-3H3,(H,27,29)(H,30,31)/p-1/t19-/m0/s1. The van der Waals surface area contributed by atoms with E-state index in [4.69, 9.17) is 9.15 Å². The molecule has 2 aromatic heterocycles. The monoisotopic (exact) mass is 463 g/mol. The number of carboxylic acids is 1. The van der Waals surface area contributed by atoms with E-state index < -0.39 is 23.5 Å². The van der Waals surface area contributed by atoms with E-state index in [0.29, 0.717) is 38.7 Å². The third-order valence-electron chi connectivity index (χ3n) is 5.84. The molecule has 0 aliphatic carbocycles. The second-order valence-corrected chi connectivity index (χ2v) is 8.20. The molecule has 0 saturated carbocycles. The van der Waals surface area contributed by atoms with Gasteiger partial charge in [0, 0.05) is 23.5 Å². The predicted octanol–water partition coefficient (Wildman–Crippen LogP) is 1.63. The molecular formula is C25H23N2O7-. The van der Waals surface area contributed by atoms with Crippen LogP contribution in [0.2, 0.25) is 0 Å². The van der Waals surface area contributed by atoms with Crippen molar-refractivity contribution in [2.45, 2.75) is 32.7 Å². The van der Waals surface area contributed by atoms with Crippen LogP contribution in [0.3, 0.4) is 0 Å². The van der Waals surface area contributed by atoms with Crippen molar-refractivity contribution >= 4 is 33.7 Å². The van der Waals surface area contributed by atoms with Crippen LogP contribution in [0.5, 0.6) is 11.5 Å². The fourth-order valence-electron chi connectivity index (χ4n) is 4.16. The lowest BCUT2D eigenvalue weighted by Crippen LogP contribution is -2.49. The zero-order valence-electron chi connectivity index (χ0n) is 18.9. The maximum Gasteiger partial charge on any atom is 0.340 e. The summed E-state index contributed by atoms with van der Waals surface area (Å²) in [6.45, 7) is 3.53. The van der Waals surface area contributed by atoms with Crippen molar-refractivity contribution < 1.29 is 29.0 Å². The number of fused-ring (bicyclic) bond motifs is 2. The van der Waals surface area contributed by atoms with Crippen LogP contribution in [0.15, 0.2) is 45.7 Å². The van der Waals surface area contributed by atoms with Gasteiger partial charge in [0.2, 0.25) is 5.91 Å². The second kappa shape index (κ2) is 8.93. The van der Waals surface area contributed by atoms with Gasteiger partial charge in [-0.25, -0.2) is 4.79 Å². The molecule has 1 amide bonds. The molecule has 0 spiro atoms. The largest absolute Gasteiger partial charge is 0.548 e.